The van der Waals surface area contributed by atoms with Crippen molar-refractivity contribution in [1.29, 1.82) is 0 Å². The minimum atomic E-state index is -1.21. The van der Waals surface area contributed by atoms with Gasteiger partial charge in [0.2, 0.25) is 5.91 Å². The maximum Gasteiger partial charge on any atom is 0.328 e. The summed E-state index contributed by atoms with van der Waals surface area (Å²) < 4.78 is 0. The van der Waals surface area contributed by atoms with E-state index < -0.39 is 23.9 Å². The number of carboxylic acids is 2. The molecule has 4 N–H and O–H groups in total. The van der Waals surface area contributed by atoms with Crippen LogP contribution in [0.25, 0.3) is 10.9 Å². The summed E-state index contributed by atoms with van der Waals surface area (Å²) in [4.78, 5) is 41.4. The van der Waals surface area contributed by atoms with E-state index >= 15 is 0 Å². The van der Waals surface area contributed by atoms with E-state index in [9.17, 15) is 19.5 Å². The van der Waals surface area contributed by atoms with Gasteiger partial charge in [-0.25, -0.2) is 4.79 Å². The number of benzene rings is 1. The highest BCUT2D eigenvalue weighted by atomic mass is 16.4. The molecule has 0 radical (unpaired) electrons. The van der Waals surface area contributed by atoms with Crippen molar-refractivity contribution in [2.45, 2.75) is 6.04 Å². The van der Waals surface area contributed by atoms with Gasteiger partial charge in [0.25, 0.3) is 0 Å². The number of aromatic nitrogens is 1. The van der Waals surface area contributed by atoms with Gasteiger partial charge < -0.3 is 25.4 Å². The second kappa shape index (κ2) is 8.24. The van der Waals surface area contributed by atoms with Crippen molar-refractivity contribution in [1.82, 2.24) is 14.8 Å². The molecule has 1 aromatic carbocycles. The van der Waals surface area contributed by atoms with Gasteiger partial charge in [0.05, 0.1) is 0 Å². The van der Waals surface area contributed by atoms with E-state index in [-0.39, 0.29) is 0 Å². The predicted octanol–water partition coefficient (Wildman–Crippen LogP) is 1.12. The van der Waals surface area contributed by atoms with Gasteiger partial charge in [-0.15, -0.1) is 0 Å². The highest BCUT2D eigenvalue weighted by molar-refractivity contribution is 6.03. The van der Waals surface area contributed by atoms with E-state index in [0.717, 1.165) is 30.6 Å². The monoisotopic (exact) mass is 386 g/mol. The summed E-state index contributed by atoms with van der Waals surface area (Å²) in [5.74, 6) is -2.67. The fraction of sp³-hybridized carbons (Fsp3) is 0.316. The number of aromatic amines is 1. The van der Waals surface area contributed by atoms with Gasteiger partial charge in [-0.05, 0) is 19.2 Å². The number of carbonyl (C=O) groups excluding carboxylic acids is 1. The summed E-state index contributed by atoms with van der Waals surface area (Å²) in [5.41, 5.74) is 1.85. The van der Waals surface area contributed by atoms with Crippen molar-refractivity contribution >= 4 is 34.4 Å². The molecule has 0 spiro atoms. The van der Waals surface area contributed by atoms with Crippen molar-refractivity contribution < 1.29 is 24.6 Å². The largest absolute Gasteiger partial charge is 0.480 e. The van der Waals surface area contributed by atoms with Gasteiger partial charge >= 0.3 is 11.9 Å². The second-order valence-corrected chi connectivity index (χ2v) is 6.75. The van der Waals surface area contributed by atoms with E-state index in [1.54, 1.807) is 24.4 Å². The van der Waals surface area contributed by atoms with Crippen LogP contribution in [0.4, 0.5) is 5.69 Å². The number of aliphatic carboxylic acids is 2. The topological polar surface area (TPSA) is 126 Å². The quantitative estimate of drug-likeness (QED) is 0.548. The Kier molecular flexibility index (Phi) is 5.76. The van der Waals surface area contributed by atoms with Crippen LogP contribution in [0.15, 0.2) is 36.5 Å². The number of hydrogen-bond acceptors (Lipinski definition) is 5. The SMILES string of the molecule is CN1CCN([C@H](C(=O)O)c2c[nH]c3cc(NC(=O)/C=C/C(=O)O)ccc23)CC1. The Morgan fingerprint density at radius 2 is 1.86 bits per heavy atom. The first-order valence-corrected chi connectivity index (χ1v) is 8.83. The molecule has 1 saturated heterocycles. The lowest BCUT2D eigenvalue weighted by Crippen LogP contribution is -2.47. The van der Waals surface area contributed by atoms with Gasteiger partial charge in [0, 0.05) is 66.7 Å². The fourth-order valence-corrected chi connectivity index (χ4v) is 3.35. The van der Waals surface area contributed by atoms with Crippen LogP contribution >= 0.6 is 0 Å². The van der Waals surface area contributed by atoms with Crippen LogP contribution in [0.5, 0.6) is 0 Å². The van der Waals surface area contributed by atoms with E-state index in [1.165, 1.54) is 0 Å². The fourth-order valence-electron chi connectivity index (χ4n) is 3.35. The zero-order valence-corrected chi connectivity index (χ0v) is 15.4. The Morgan fingerprint density at radius 1 is 1.14 bits per heavy atom. The average molecular weight is 386 g/mol. The van der Waals surface area contributed by atoms with Gasteiger partial charge in [-0.3, -0.25) is 14.5 Å². The van der Waals surface area contributed by atoms with Gasteiger partial charge in [-0.2, -0.15) is 0 Å². The molecule has 9 nitrogen and oxygen atoms in total. The number of rotatable bonds is 6. The zero-order valence-electron chi connectivity index (χ0n) is 15.4. The van der Waals surface area contributed by atoms with Gasteiger partial charge in [-0.1, -0.05) is 6.07 Å². The number of amides is 1. The summed E-state index contributed by atoms with van der Waals surface area (Å²) in [7, 11) is 2.01. The van der Waals surface area contributed by atoms with Crippen LogP contribution in [-0.4, -0.2) is 76.1 Å². The van der Waals surface area contributed by atoms with Crippen LogP contribution in [0.1, 0.15) is 11.6 Å². The summed E-state index contributed by atoms with van der Waals surface area (Å²) >= 11 is 0. The average Bonchev–Trinajstić information content (AvgIpc) is 3.04. The van der Waals surface area contributed by atoms with Crippen molar-refractivity contribution in [3.05, 3.63) is 42.1 Å². The molecule has 28 heavy (non-hydrogen) atoms. The number of carbonyl (C=O) groups is 3. The molecule has 148 valence electrons. The summed E-state index contributed by atoms with van der Waals surface area (Å²) in [6, 6.07) is 4.36. The number of carboxylic acid groups (broad SMARTS) is 2. The van der Waals surface area contributed by atoms with E-state index in [2.05, 4.69) is 15.2 Å². The molecular weight excluding hydrogens is 364 g/mol. The standard InChI is InChI=1S/C19H22N4O5/c1-22-6-8-23(9-7-22)18(19(27)28)14-11-20-15-10-12(2-3-13(14)15)21-16(24)4-5-17(25)26/h2-5,10-11,18,20H,6-9H2,1H3,(H,21,24)(H,25,26)(H,27,28)/b5-4+/t18-/m0/s1. The van der Waals surface area contributed by atoms with Gasteiger partial charge in [0.15, 0.2) is 0 Å². The lowest BCUT2D eigenvalue weighted by molar-refractivity contribution is -0.144. The van der Waals surface area contributed by atoms with E-state index in [4.69, 9.17) is 5.11 Å². The number of piperazine rings is 1. The lowest BCUT2D eigenvalue weighted by atomic mass is 10.0. The predicted molar refractivity (Wildman–Crippen MR) is 103 cm³/mol. The number of H-pyrrole nitrogens is 1. The molecule has 0 aliphatic carbocycles. The van der Waals surface area contributed by atoms with Crippen molar-refractivity contribution in [2.24, 2.45) is 0 Å². The van der Waals surface area contributed by atoms with Crippen LogP contribution in [-0.2, 0) is 14.4 Å². The molecule has 1 aliphatic rings. The minimum absolute atomic E-state index is 0.479. The molecule has 0 saturated carbocycles. The third-order valence-corrected chi connectivity index (χ3v) is 4.79. The summed E-state index contributed by atoms with van der Waals surface area (Å²) in [6.45, 7) is 2.97. The smallest absolute Gasteiger partial charge is 0.328 e. The first kappa shape index (κ1) is 19.6. The highest BCUT2D eigenvalue weighted by Crippen LogP contribution is 2.31. The molecule has 1 aliphatic heterocycles. The Labute approximate surface area is 161 Å². The van der Waals surface area contributed by atoms with Crippen molar-refractivity contribution in [3.63, 3.8) is 0 Å². The van der Waals surface area contributed by atoms with E-state index in [0.29, 0.717) is 29.9 Å². The Balaban J connectivity index is 1.83. The number of fused-ring (bicyclic) bond motifs is 1. The number of hydrogen-bond donors (Lipinski definition) is 4. The van der Waals surface area contributed by atoms with E-state index in [1.807, 2.05) is 11.9 Å². The molecule has 3 rings (SSSR count). The minimum Gasteiger partial charge on any atom is -0.480 e. The summed E-state index contributed by atoms with van der Waals surface area (Å²) in [5, 5.41) is 21.7. The lowest BCUT2D eigenvalue weighted by Gasteiger charge is -2.36. The molecule has 9 heteroatoms. The number of nitrogens with zero attached hydrogens (tertiary/aromatic N) is 2. The van der Waals surface area contributed by atoms with Crippen LogP contribution in [0, 0.1) is 0 Å². The van der Waals surface area contributed by atoms with Crippen LogP contribution in [0.2, 0.25) is 0 Å². The maximum absolute atomic E-state index is 12.0. The second-order valence-electron chi connectivity index (χ2n) is 6.75. The normalized spacial score (nSPS) is 17.0. The molecular formula is C19H22N4O5. The molecule has 2 heterocycles. The third kappa shape index (κ3) is 4.38. The highest BCUT2D eigenvalue weighted by Gasteiger charge is 2.31. The molecule has 2 aromatic rings. The Bertz CT molecular complexity index is 928. The molecule has 1 fully saturated rings. The molecule has 0 bridgehead atoms. The first-order valence-electron chi connectivity index (χ1n) is 8.83. The molecule has 1 aromatic heterocycles. The van der Waals surface area contributed by atoms with Gasteiger partial charge in [0.1, 0.15) is 6.04 Å². The molecule has 1 atom stereocenters. The molecule has 1 amide bonds. The number of anilines is 1. The van der Waals surface area contributed by atoms with Crippen molar-refractivity contribution in [2.75, 3.05) is 38.5 Å². The number of nitrogens with one attached hydrogen (secondary N) is 2. The van der Waals surface area contributed by atoms with Crippen LogP contribution < -0.4 is 5.32 Å². The number of likely N-dealkylation sites (N-methyl/N-ethyl adjacent to an activating group) is 1. The third-order valence-electron chi connectivity index (χ3n) is 4.79. The maximum atomic E-state index is 12.0. The molecule has 0 unspecified atom stereocenters. The Hall–Kier alpha value is -3.17. The Morgan fingerprint density at radius 3 is 2.50 bits per heavy atom. The zero-order chi connectivity index (χ0) is 20.3. The van der Waals surface area contributed by atoms with Crippen molar-refractivity contribution in [3.8, 4) is 0 Å². The summed E-state index contributed by atoms with van der Waals surface area (Å²) in [6.07, 6.45) is 3.38. The van der Waals surface area contributed by atoms with Crippen LogP contribution in [0.3, 0.4) is 0 Å². The first-order chi connectivity index (χ1) is 13.3.